The average molecular weight is 538 g/mol. The molecule has 3 rings (SSSR count). The zero-order chi connectivity index (χ0) is 27.9. The number of nitrogens with one attached hydrogen (secondary N) is 1. The number of rotatable bonds is 11. The maximum Gasteiger partial charge on any atom is 0.264 e. The molecule has 0 heterocycles. The number of ether oxygens (including phenoxy) is 1. The molecule has 1 unspecified atom stereocenters. The highest BCUT2D eigenvalue weighted by molar-refractivity contribution is 7.92. The Bertz CT molecular complexity index is 1320. The molecule has 0 saturated carbocycles. The molecule has 1 N–H and O–H groups in total. The van der Waals surface area contributed by atoms with Crippen LogP contribution in [0.25, 0.3) is 0 Å². The molecule has 9 heteroatoms. The van der Waals surface area contributed by atoms with E-state index in [1.807, 2.05) is 26.0 Å². The van der Waals surface area contributed by atoms with E-state index >= 15 is 0 Å². The number of sulfonamides is 1. The molecule has 202 valence electrons. The van der Waals surface area contributed by atoms with Gasteiger partial charge in [0.05, 0.1) is 17.7 Å². The first kappa shape index (κ1) is 28.7. The quantitative estimate of drug-likeness (QED) is 0.396. The van der Waals surface area contributed by atoms with Gasteiger partial charge in [-0.05, 0) is 60.4 Å². The fourth-order valence-electron chi connectivity index (χ4n) is 3.99. The van der Waals surface area contributed by atoms with Crippen molar-refractivity contribution >= 4 is 27.5 Å². The summed E-state index contributed by atoms with van der Waals surface area (Å²) >= 11 is 0. The highest BCUT2D eigenvalue weighted by atomic mass is 32.2. The van der Waals surface area contributed by atoms with Gasteiger partial charge < -0.3 is 15.0 Å². The van der Waals surface area contributed by atoms with Crippen molar-refractivity contribution in [1.82, 2.24) is 10.2 Å². The van der Waals surface area contributed by atoms with Crippen LogP contribution in [-0.2, 0) is 26.2 Å². The minimum absolute atomic E-state index is 0.0711. The van der Waals surface area contributed by atoms with Crippen molar-refractivity contribution < 1.29 is 22.7 Å². The molecule has 3 aromatic rings. The summed E-state index contributed by atoms with van der Waals surface area (Å²) < 4.78 is 33.8. The second-order valence-corrected chi connectivity index (χ2v) is 11.1. The number of anilines is 1. The lowest BCUT2D eigenvalue weighted by molar-refractivity contribution is -0.139. The summed E-state index contributed by atoms with van der Waals surface area (Å²) in [4.78, 5) is 27.8. The maximum absolute atomic E-state index is 13.8. The van der Waals surface area contributed by atoms with E-state index in [2.05, 4.69) is 5.32 Å². The Balaban J connectivity index is 2.01. The van der Waals surface area contributed by atoms with Gasteiger partial charge in [-0.15, -0.1) is 0 Å². The SMILES string of the molecule is CNC(=O)C(C)N(Cc1ccc(OC)cc1)C(=O)CN(c1ccc(C(C)C)cc1)S(=O)(=O)c1ccccc1. The standard InChI is InChI=1S/C29H35N3O5S/c1-21(2)24-13-15-25(16-14-24)32(38(35,36)27-9-7-6-8-10-27)20-28(33)31(22(3)29(34)30-4)19-23-11-17-26(37-5)18-12-23/h6-18,21-22H,19-20H2,1-5H3,(H,30,34). The summed E-state index contributed by atoms with van der Waals surface area (Å²) in [6, 6.07) is 21.4. The third-order valence-electron chi connectivity index (χ3n) is 6.38. The van der Waals surface area contributed by atoms with Gasteiger partial charge >= 0.3 is 0 Å². The molecule has 3 aromatic carbocycles. The molecule has 0 aliphatic heterocycles. The van der Waals surface area contributed by atoms with Crippen LogP contribution >= 0.6 is 0 Å². The predicted octanol–water partition coefficient (Wildman–Crippen LogP) is 4.18. The van der Waals surface area contributed by atoms with E-state index in [1.54, 1.807) is 68.6 Å². The van der Waals surface area contributed by atoms with E-state index in [4.69, 9.17) is 4.74 Å². The first-order chi connectivity index (χ1) is 18.1. The smallest absolute Gasteiger partial charge is 0.264 e. The number of amides is 2. The van der Waals surface area contributed by atoms with Gasteiger partial charge in [-0.3, -0.25) is 13.9 Å². The summed E-state index contributed by atoms with van der Waals surface area (Å²) in [5.41, 5.74) is 2.18. The topological polar surface area (TPSA) is 96.0 Å². The molecule has 0 bridgehead atoms. The molecule has 0 saturated heterocycles. The molecular weight excluding hydrogens is 502 g/mol. The first-order valence-electron chi connectivity index (χ1n) is 12.4. The predicted molar refractivity (Wildman–Crippen MR) is 149 cm³/mol. The Morgan fingerprint density at radius 1 is 0.895 bits per heavy atom. The zero-order valence-corrected chi connectivity index (χ0v) is 23.2. The molecule has 8 nitrogen and oxygen atoms in total. The van der Waals surface area contributed by atoms with Crippen LogP contribution in [0.2, 0.25) is 0 Å². The van der Waals surface area contributed by atoms with Crippen molar-refractivity contribution in [2.75, 3.05) is 25.0 Å². The fraction of sp³-hybridized carbons (Fsp3) is 0.310. The molecule has 0 aliphatic rings. The number of nitrogens with zero attached hydrogens (tertiary/aromatic N) is 2. The number of methoxy groups -OCH3 is 1. The summed E-state index contributed by atoms with van der Waals surface area (Å²) in [6.45, 7) is 5.36. The Labute approximate surface area is 225 Å². The van der Waals surface area contributed by atoms with Gasteiger partial charge in [0.25, 0.3) is 10.0 Å². The van der Waals surface area contributed by atoms with Crippen molar-refractivity contribution in [3.05, 3.63) is 90.0 Å². The molecule has 2 amide bonds. The lowest BCUT2D eigenvalue weighted by Crippen LogP contribution is -2.50. The van der Waals surface area contributed by atoms with Crippen molar-refractivity contribution in [3.63, 3.8) is 0 Å². The normalized spacial score (nSPS) is 12.1. The van der Waals surface area contributed by atoms with Crippen LogP contribution in [0.4, 0.5) is 5.69 Å². The average Bonchev–Trinajstić information content (AvgIpc) is 2.94. The summed E-state index contributed by atoms with van der Waals surface area (Å²) in [5, 5.41) is 2.58. The summed E-state index contributed by atoms with van der Waals surface area (Å²) in [6.07, 6.45) is 0. The third-order valence-corrected chi connectivity index (χ3v) is 8.17. The van der Waals surface area contributed by atoms with Crippen LogP contribution in [0, 0.1) is 0 Å². The minimum atomic E-state index is -4.08. The third kappa shape index (κ3) is 6.72. The van der Waals surface area contributed by atoms with E-state index in [0.717, 1.165) is 15.4 Å². The largest absolute Gasteiger partial charge is 0.497 e. The van der Waals surface area contributed by atoms with Crippen LogP contribution in [0.15, 0.2) is 83.8 Å². The Morgan fingerprint density at radius 2 is 1.50 bits per heavy atom. The van der Waals surface area contributed by atoms with Crippen molar-refractivity contribution in [1.29, 1.82) is 0 Å². The van der Waals surface area contributed by atoms with Crippen LogP contribution < -0.4 is 14.4 Å². The number of carbonyl (C=O) groups is 2. The Morgan fingerprint density at radius 3 is 2.03 bits per heavy atom. The number of hydrogen-bond acceptors (Lipinski definition) is 5. The van der Waals surface area contributed by atoms with Crippen LogP contribution in [-0.4, -0.2) is 51.9 Å². The van der Waals surface area contributed by atoms with Crippen LogP contribution in [0.1, 0.15) is 37.8 Å². The molecule has 1 atom stereocenters. The van der Waals surface area contributed by atoms with Gasteiger partial charge in [0, 0.05) is 13.6 Å². The fourth-order valence-corrected chi connectivity index (χ4v) is 5.43. The van der Waals surface area contributed by atoms with Gasteiger partial charge in [0.2, 0.25) is 11.8 Å². The molecule has 0 radical (unpaired) electrons. The van der Waals surface area contributed by atoms with E-state index in [-0.39, 0.29) is 23.3 Å². The Hall–Kier alpha value is -3.85. The molecule has 0 spiro atoms. The van der Waals surface area contributed by atoms with Gasteiger partial charge in [-0.2, -0.15) is 0 Å². The second-order valence-electron chi connectivity index (χ2n) is 9.23. The van der Waals surface area contributed by atoms with E-state index in [9.17, 15) is 18.0 Å². The molecular formula is C29H35N3O5S. The van der Waals surface area contributed by atoms with E-state index < -0.39 is 28.5 Å². The van der Waals surface area contributed by atoms with Gasteiger partial charge in [0.1, 0.15) is 18.3 Å². The van der Waals surface area contributed by atoms with Crippen LogP contribution in [0.5, 0.6) is 5.75 Å². The first-order valence-corrected chi connectivity index (χ1v) is 13.8. The summed E-state index contributed by atoms with van der Waals surface area (Å²) in [5.74, 6) is 0.0594. The molecule has 0 aliphatic carbocycles. The number of likely N-dealkylation sites (N-methyl/N-ethyl adjacent to an activating group) is 1. The minimum Gasteiger partial charge on any atom is -0.497 e. The van der Waals surface area contributed by atoms with Crippen LogP contribution in [0.3, 0.4) is 0 Å². The van der Waals surface area contributed by atoms with Crippen molar-refractivity contribution in [2.24, 2.45) is 0 Å². The zero-order valence-electron chi connectivity index (χ0n) is 22.4. The number of hydrogen-bond donors (Lipinski definition) is 1. The molecule has 0 aromatic heterocycles. The second kappa shape index (κ2) is 12.6. The van der Waals surface area contributed by atoms with Gasteiger partial charge in [0.15, 0.2) is 0 Å². The Kier molecular flexibility index (Phi) is 9.52. The maximum atomic E-state index is 13.8. The van der Waals surface area contributed by atoms with E-state index in [0.29, 0.717) is 11.4 Å². The highest BCUT2D eigenvalue weighted by Gasteiger charge is 2.32. The summed E-state index contributed by atoms with van der Waals surface area (Å²) in [7, 11) is -1.02. The molecule has 0 fully saturated rings. The van der Waals surface area contributed by atoms with Crippen molar-refractivity contribution in [2.45, 2.75) is 44.2 Å². The number of carbonyl (C=O) groups excluding carboxylic acids is 2. The van der Waals surface area contributed by atoms with Gasteiger partial charge in [-0.25, -0.2) is 8.42 Å². The lowest BCUT2D eigenvalue weighted by atomic mass is 10.0. The van der Waals surface area contributed by atoms with E-state index in [1.165, 1.54) is 24.1 Å². The van der Waals surface area contributed by atoms with Gasteiger partial charge in [-0.1, -0.05) is 56.3 Å². The molecule has 38 heavy (non-hydrogen) atoms. The highest BCUT2D eigenvalue weighted by Crippen LogP contribution is 2.26. The van der Waals surface area contributed by atoms with Crippen molar-refractivity contribution in [3.8, 4) is 5.75 Å². The lowest BCUT2D eigenvalue weighted by Gasteiger charge is -2.32. The number of benzene rings is 3. The monoisotopic (exact) mass is 537 g/mol.